The lowest BCUT2D eigenvalue weighted by atomic mass is 10.2. The molecule has 34 heavy (non-hydrogen) atoms. The first kappa shape index (κ1) is 27.1. The third-order valence-electron chi connectivity index (χ3n) is 5.20. The molecule has 1 aromatic carbocycles. The number of nitrogens with zero attached hydrogens (tertiary/aromatic N) is 3. The van der Waals surface area contributed by atoms with Gasteiger partial charge in [-0.1, -0.05) is 26.7 Å². The summed E-state index contributed by atoms with van der Waals surface area (Å²) in [6.45, 7) is 7.43. The molecule has 0 aliphatic carbocycles. The number of unbranched alkanes of at least 4 members (excludes halogenated alkanes) is 2. The van der Waals surface area contributed by atoms with Crippen molar-refractivity contribution in [3.05, 3.63) is 35.7 Å². The summed E-state index contributed by atoms with van der Waals surface area (Å²) in [7, 11) is 6.72. The van der Waals surface area contributed by atoms with Crippen LogP contribution < -0.4 is 14.2 Å². The minimum absolute atomic E-state index is 0.266. The lowest BCUT2D eigenvalue weighted by Gasteiger charge is -2.18. The van der Waals surface area contributed by atoms with Gasteiger partial charge in [0.1, 0.15) is 5.75 Å². The molecule has 0 saturated heterocycles. The van der Waals surface area contributed by atoms with E-state index in [2.05, 4.69) is 13.8 Å². The fourth-order valence-electron chi connectivity index (χ4n) is 3.36. The molecule has 2 rings (SSSR count). The average Bonchev–Trinajstić information content (AvgIpc) is 3.12. The fraction of sp³-hybridized carbons (Fsp3) is 0.538. The molecule has 1 heterocycles. The number of carbonyl (C=O) groups is 2. The topological polar surface area (TPSA) is 73.2 Å². The second-order valence-corrected chi connectivity index (χ2v) is 8.42. The molecule has 1 aromatic heterocycles. The van der Waals surface area contributed by atoms with E-state index in [0.29, 0.717) is 42.8 Å². The SMILES string of the molecule is CCCCOc1c(OCCCC)c(C(=O)N(C)C)n(-c2ccc(OCC)cc2)c1C(=O)N(C)C. The molecule has 8 nitrogen and oxygen atoms in total. The standard InChI is InChI=1S/C26H39N3O5/c1-8-11-17-33-23-21(25(30)27(4)5)29(19-13-15-20(16-14-19)32-10-3)22(26(31)28(6)7)24(23)34-18-12-9-2/h13-16H,8-12,17-18H2,1-7H3. The summed E-state index contributed by atoms with van der Waals surface area (Å²) in [5.74, 6) is 0.764. The molecule has 188 valence electrons. The van der Waals surface area contributed by atoms with Crippen molar-refractivity contribution < 1.29 is 23.8 Å². The highest BCUT2D eigenvalue weighted by molar-refractivity contribution is 6.04. The van der Waals surface area contributed by atoms with Crippen LogP contribution >= 0.6 is 0 Å². The number of ether oxygens (including phenoxy) is 3. The van der Waals surface area contributed by atoms with Crippen molar-refractivity contribution >= 4 is 11.8 Å². The largest absolute Gasteiger partial charge is 0.494 e. The first-order valence-electron chi connectivity index (χ1n) is 12.0. The van der Waals surface area contributed by atoms with Crippen LogP contribution in [0.1, 0.15) is 67.4 Å². The zero-order chi connectivity index (χ0) is 25.3. The third-order valence-corrected chi connectivity index (χ3v) is 5.20. The van der Waals surface area contributed by atoms with Gasteiger partial charge in [-0.05, 0) is 44.0 Å². The van der Waals surface area contributed by atoms with Crippen molar-refractivity contribution in [2.24, 2.45) is 0 Å². The smallest absolute Gasteiger partial charge is 0.274 e. The summed E-state index contributed by atoms with van der Waals surface area (Å²) < 4.78 is 19.5. The Kier molecular flexibility index (Phi) is 10.3. The van der Waals surface area contributed by atoms with Crippen LogP contribution in [0.4, 0.5) is 0 Å². The van der Waals surface area contributed by atoms with Crippen LogP contribution in [0.15, 0.2) is 24.3 Å². The van der Waals surface area contributed by atoms with Gasteiger partial charge in [0.05, 0.1) is 19.8 Å². The van der Waals surface area contributed by atoms with E-state index < -0.39 is 0 Å². The molecular formula is C26H39N3O5. The van der Waals surface area contributed by atoms with Gasteiger partial charge in [0, 0.05) is 33.9 Å². The van der Waals surface area contributed by atoms with Crippen LogP contribution in [-0.4, -0.2) is 74.2 Å². The van der Waals surface area contributed by atoms with Crippen molar-refractivity contribution in [3.8, 4) is 22.9 Å². The van der Waals surface area contributed by atoms with Crippen molar-refractivity contribution in [1.82, 2.24) is 14.4 Å². The Morgan fingerprint density at radius 2 is 1.18 bits per heavy atom. The lowest BCUT2D eigenvalue weighted by molar-refractivity contribution is 0.0810. The van der Waals surface area contributed by atoms with Crippen LogP contribution in [-0.2, 0) is 0 Å². The van der Waals surface area contributed by atoms with Crippen molar-refractivity contribution in [2.45, 2.75) is 46.5 Å². The Bertz CT molecular complexity index is 897. The highest BCUT2D eigenvalue weighted by Crippen LogP contribution is 2.42. The highest BCUT2D eigenvalue weighted by Gasteiger charge is 2.35. The Morgan fingerprint density at radius 3 is 1.53 bits per heavy atom. The molecule has 2 aromatic rings. The normalized spacial score (nSPS) is 10.7. The summed E-state index contributed by atoms with van der Waals surface area (Å²) in [5.41, 5.74) is 1.17. The maximum atomic E-state index is 13.5. The summed E-state index contributed by atoms with van der Waals surface area (Å²) in [6.07, 6.45) is 3.50. The Labute approximate surface area is 203 Å². The molecule has 0 fully saturated rings. The maximum Gasteiger partial charge on any atom is 0.274 e. The maximum absolute atomic E-state index is 13.5. The molecule has 8 heteroatoms. The van der Waals surface area contributed by atoms with E-state index in [0.717, 1.165) is 25.7 Å². The number of hydrogen-bond donors (Lipinski definition) is 0. The first-order valence-corrected chi connectivity index (χ1v) is 12.0. The molecule has 0 spiro atoms. The van der Waals surface area contributed by atoms with E-state index in [-0.39, 0.29) is 23.2 Å². The van der Waals surface area contributed by atoms with Gasteiger partial charge in [-0.2, -0.15) is 0 Å². The number of carbonyl (C=O) groups excluding carboxylic acids is 2. The Hall–Kier alpha value is -3.16. The second kappa shape index (κ2) is 12.9. The number of aromatic nitrogens is 1. The minimum atomic E-state index is -0.279. The van der Waals surface area contributed by atoms with Crippen LogP contribution in [0, 0.1) is 0 Å². The lowest BCUT2D eigenvalue weighted by Crippen LogP contribution is -2.28. The summed E-state index contributed by atoms with van der Waals surface area (Å²) in [4.78, 5) is 29.9. The molecule has 0 aliphatic rings. The zero-order valence-electron chi connectivity index (χ0n) is 21.6. The van der Waals surface area contributed by atoms with E-state index in [1.54, 1.807) is 32.8 Å². The fourth-order valence-corrected chi connectivity index (χ4v) is 3.36. The molecule has 0 saturated carbocycles. The van der Waals surface area contributed by atoms with Crippen LogP contribution in [0.5, 0.6) is 17.2 Å². The number of rotatable bonds is 13. The van der Waals surface area contributed by atoms with E-state index in [1.165, 1.54) is 9.80 Å². The monoisotopic (exact) mass is 473 g/mol. The molecule has 0 atom stereocenters. The van der Waals surface area contributed by atoms with E-state index in [1.807, 2.05) is 31.2 Å². The van der Waals surface area contributed by atoms with E-state index in [9.17, 15) is 9.59 Å². The third kappa shape index (κ3) is 6.24. The van der Waals surface area contributed by atoms with Crippen LogP contribution in [0.25, 0.3) is 5.69 Å². The molecule has 2 amide bonds. The van der Waals surface area contributed by atoms with Crippen molar-refractivity contribution in [3.63, 3.8) is 0 Å². The zero-order valence-corrected chi connectivity index (χ0v) is 21.6. The molecule has 0 unspecified atom stereocenters. The predicted octanol–water partition coefficient (Wildman–Crippen LogP) is 4.64. The van der Waals surface area contributed by atoms with Gasteiger partial charge in [-0.15, -0.1) is 0 Å². The summed E-state index contributed by atoms with van der Waals surface area (Å²) >= 11 is 0. The van der Waals surface area contributed by atoms with Crippen molar-refractivity contribution in [1.29, 1.82) is 0 Å². The minimum Gasteiger partial charge on any atom is -0.494 e. The van der Waals surface area contributed by atoms with Gasteiger partial charge >= 0.3 is 0 Å². The average molecular weight is 474 g/mol. The quantitative estimate of drug-likeness (QED) is 0.396. The van der Waals surface area contributed by atoms with Gasteiger partial charge < -0.3 is 24.0 Å². The van der Waals surface area contributed by atoms with Gasteiger partial charge in [0.2, 0.25) is 0 Å². The Balaban J connectivity index is 2.86. The van der Waals surface area contributed by atoms with E-state index in [4.69, 9.17) is 14.2 Å². The van der Waals surface area contributed by atoms with Gasteiger partial charge in [-0.3, -0.25) is 14.2 Å². The number of amides is 2. The van der Waals surface area contributed by atoms with Gasteiger partial charge in [0.15, 0.2) is 22.9 Å². The second-order valence-electron chi connectivity index (χ2n) is 8.42. The van der Waals surface area contributed by atoms with Crippen molar-refractivity contribution in [2.75, 3.05) is 48.0 Å². The molecule has 0 N–H and O–H groups in total. The summed E-state index contributed by atoms with van der Waals surface area (Å²) in [5, 5.41) is 0. The van der Waals surface area contributed by atoms with Gasteiger partial charge in [-0.25, -0.2) is 0 Å². The molecule has 0 bridgehead atoms. The predicted molar refractivity (Wildman–Crippen MR) is 134 cm³/mol. The highest BCUT2D eigenvalue weighted by atomic mass is 16.5. The van der Waals surface area contributed by atoms with E-state index >= 15 is 0 Å². The molecular weight excluding hydrogens is 434 g/mol. The number of hydrogen-bond acceptors (Lipinski definition) is 5. The van der Waals surface area contributed by atoms with Crippen LogP contribution in [0.3, 0.4) is 0 Å². The summed E-state index contributed by atoms with van der Waals surface area (Å²) in [6, 6.07) is 7.30. The van der Waals surface area contributed by atoms with Crippen LogP contribution in [0.2, 0.25) is 0 Å². The van der Waals surface area contributed by atoms with Gasteiger partial charge in [0.25, 0.3) is 11.8 Å². The Morgan fingerprint density at radius 1 is 0.735 bits per heavy atom. The number of benzene rings is 1. The molecule has 0 aliphatic heterocycles. The molecule has 0 radical (unpaired) electrons. The first-order chi connectivity index (χ1) is 16.3.